The number of fused-ring (bicyclic) bond motifs is 4. The summed E-state index contributed by atoms with van der Waals surface area (Å²) in [7, 11) is 0. The Morgan fingerprint density at radius 1 is 0.328 bits per heavy atom. The molecular formula is C58H43N3. The van der Waals surface area contributed by atoms with E-state index in [4.69, 9.17) is 0 Å². The van der Waals surface area contributed by atoms with Crippen molar-refractivity contribution in [1.29, 1.82) is 0 Å². The molecule has 0 fully saturated rings. The first-order valence-electron chi connectivity index (χ1n) is 21.1. The second-order valence-electron chi connectivity index (χ2n) is 15.7. The molecule has 0 atom stereocenters. The summed E-state index contributed by atoms with van der Waals surface area (Å²) in [4.78, 5) is 4.70. The van der Waals surface area contributed by atoms with E-state index in [1.54, 1.807) is 0 Å². The van der Waals surface area contributed by atoms with Gasteiger partial charge in [-0.25, -0.2) is 0 Å². The predicted octanol–water partition coefficient (Wildman–Crippen LogP) is 16.0. The topological polar surface area (TPSA) is 11.4 Å². The summed E-state index contributed by atoms with van der Waals surface area (Å²) in [6, 6.07) is 81.1. The van der Waals surface area contributed by atoms with Crippen molar-refractivity contribution in [1.82, 2.24) is 4.57 Å². The molecule has 0 bridgehead atoms. The van der Waals surface area contributed by atoms with Gasteiger partial charge >= 0.3 is 0 Å². The number of hydrogen-bond donors (Lipinski definition) is 0. The summed E-state index contributed by atoms with van der Waals surface area (Å²) in [5.74, 6) is 0. The van der Waals surface area contributed by atoms with Crippen LogP contribution in [0.5, 0.6) is 0 Å². The maximum Gasteiger partial charge on any atom is 0.0541 e. The van der Waals surface area contributed by atoms with Gasteiger partial charge in [-0.2, -0.15) is 0 Å². The number of rotatable bonds is 9. The first-order valence-corrected chi connectivity index (χ1v) is 21.1. The van der Waals surface area contributed by atoms with Crippen molar-refractivity contribution in [2.45, 2.75) is 12.8 Å². The lowest BCUT2D eigenvalue weighted by atomic mass is 9.93. The van der Waals surface area contributed by atoms with Gasteiger partial charge < -0.3 is 14.4 Å². The highest BCUT2D eigenvalue weighted by molar-refractivity contribution is 6.11. The quantitative estimate of drug-likeness (QED) is 0.144. The van der Waals surface area contributed by atoms with E-state index in [1.807, 2.05) is 0 Å². The minimum absolute atomic E-state index is 0.943. The number of aromatic nitrogens is 1. The van der Waals surface area contributed by atoms with Crippen LogP contribution < -0.4 is 9.80 Å². The molecule has 3 heteroatoms. The van der Waals surface area contributed by atoms with Crippen LogP contribution in [0.3, 0.4) is 0 Å². The predicted molar refractivity (Wildman–Crippen MR) is 259 cm³/mol. The summed E-state index contributed by atoms with van der Waals surface area (Å²) in [5, 5.41) is 4.98. The largest absolute Gasteiger partial charge is 0.314 e. The van der Waals surface area contributed by atoms with Gasteiger partial charge in [0.05, 0.1) is 11.0 Å². The van der Waals surface area contributed by atoms with Crippen LogP contribution in [-0.4, -0.2) is 4.57 Å². The fourth-order valence-corrected chi connectivity index (χ4v) is 9.09. The van der Waals surface area contributed by atoms with Crippen LogP contribution in [0.15, 0.2) is 242 Å². The van der Waals surface area contributed by atoms with Crippen LogP contribution in [0.25, 0.3) is 55.0 Å². The Labute approximate surface area is 357 Å². The molecule has 290 valence electrons. The van der Waals surface area contributed by atoms with Crippen molar-refractivity contribution >= 4 is 66.6 Å². The molecule has 1 aliphatic carbocycles. The average molecular weight is 782 g/mol. The van der Waals surface area contributed by atoms with E-state index >= 15 is 0 Å². The molecule has 0 N–H and O–H groups in total. The summed E-state index contributed by atoms with van der Waals surface area (Å²) in [5.41, 5.74) is 15.6. The number of benzene rings is 9. The molecule has 10 aromatic rings. The molecule has 0 unspecified atom stereocenters. The zero-order valence-corrected chi connectivity index (χ0v) is 33.8. The number of hydrogen-bond acceptors (Lipinski definition) is 2. The standard InChI is InChI=1S/C58H43N3/c1-5-17-48(18-6-1)59(49-19-7-2-8-20-49)52-32-25-43(26-33-52)46-30-37-57-55(40-46)56-41-47(31-38-58(56)61(57)54-36-29-42-15-13-14-16-45(42)39-54)44-27-34-53(35-28-44)60(50-21-9-3-10-22-50)51-23-11-4-12-24-51/h1-27,29-34,36-41H,28,35H2. The lowest BCUT2D eigenvalue weighted by molar-refractivity contribution is 0.930. The minimum atomic E-state index is 0.943. The zero-order valence-electron chi connectivity index (χ0n) is 33.8. The smallest absolute Gasteiger partial charge is 0.0541 e. The Hall–Kier alpha value is -7.88. The molecular weight excluding hydrogens is 739 g/mol. The minimum Gasteiger partial charge on any atom is -0.314 e. The molecule has 9 aromatic carbocycles. The molecule has 0 radical (unpaired) electrons. The molecule has 1 heterocycles. The molecule has 11 rings (SSSR count). The molecule has 1 aromatic heterocycles. The molecule has 1 aliphatic rings. The monoisotopic (exact) mass is 781 g/mol. The molecule has 61 heavy (non-hydrogen) atoms. The Bertz CT molecular complexity index is 3140. The summed E-state index contributed by atoms with van der Waals surface area (Å²) >= 11 is 0. The first-order chi connectivity index (χ1) is 30.2. The maximum atomic E-state index is 2.44. The third kappa shape index (κ3) is 6.86. The van der Waals surface area contributed by atoms with Gasteiger partial charge in [-0.05, 0) is 149 Å². The van der Waals surface area contributed by atoms with Crippen molar-refractivity contribution in [2.75, 3.05) is 9.80 Å². The summed E-state index contributed by atoms with van der Waals surface area (Å²) in [6.45, 7) is 0. The molecule has 0 spiro atoms. The van der Waals surface area contributed by atoms with Crippen LogP contribution in [0.2, 0.25) is 0 Å². The fraction of sp³-hybridized carbons (Fsp3) is 0.0345. The lowest BCUT2D eigenvalue weighted by Crippen LogP contribution is -2.17. The average Bonchev–Trinajstić information content (AvgIpc) is 3.66. The van der Waals surface area contributed by atoms with Gasteiger partial charge in [0.25, 0.3) is 0 Å². The zero-order chi connectivity index (χ0) is 40.5. The van der Waals surface area contributed by atoms with E-state index in [2.05, 4.69) is 251 Å². The Balaban J connectivity index is 1.01. The van der Waals surface area contributed by atoms with Crippen molar-refractivity contribution in [3.8, 4) is 16.8 Å². The normalized spacial score (nSPS) is 12.7. The van der Waals surface area contributed by atoms with E-state index in [9.17, 15) is 0 Å². The highest BCUT2D eigenvalue weighted by Crippen LogP contribution is 2.41. The first kappa shape index (κ1) is 36.2. The maximum absolute atomic E-state index is 2.44. The van der Waals surface area contributed by atoms with E-state index in [-0.39, 0.29) is 0 Å². The molecule has 0 aliphatic heterocycles. The highest BCUT2D eigenvalue weighted by atomic mass is 15.2. The lowest BCUT2D eigenvalue weighted by Gasteiger charge is -2.30. The van der Waals surface area contributed by atoms with Crippen LogP contribution >= 0.6 is 0 Å². The van der Waals surface area contributed by atoms with Crippen molar-refractivity contribution in [2.24, 2.45) is 0 Å². The van der Waals surface area contributed by atoms with Gasteiger partial charge in [0.15, 0.2) is 0 Å². The number of anilines is 5. The third-order valence-corrected chi connectivity index (χ3v) is 12.1. The summed E-state index contributed by atoms with van der Waals surface area (Å²) < 4.78 is 2.44. The number of allylic oxidation sites excluding steroid dienone is 4. The second-order valence-corrected chi connectivity index (χ2v) is 15.7. The Kier molecular flexibility index (Phi) is 9.33. The van der Waals surface area contributed by atoms with Gasteiger partial charge in [0.1, 0.15) is 0 Å². The van der Waals surface area contributed by atoms with Crippen LogP contribution in [0.1, 0.15) is 18.4 Å². The van der Waals surface area contributed by atoms with Gasteiger partial charge in [0, 0.05) is 50.6 Å². The van der Waals surface area contributed by atoms with E-state index in [1.165, 1.54) is 71.9 Å². The van der Waals surface area contributed by atoms with E-state index < -0.39 is 0 Å². The van der Waals surface area contributed by atoms with Crippen LogP contribution in [0, 0.1) is 0 Å². The van der Waals surface area contributed by atoms with E-state index in [0.717, 1.165) is 35.6 Å². The van der Waals surface area contributed by atoms with Crippen LogP contribution in [-0.2, 0) is 0 Å². The Morgan fingerprint density at radius 2 is 0.803 bits per heavy atom. The van der Waals surface area contributed by atoms with Gasteiger partial charge in [-0.15, -0.1) is 0 Å². The van der Waals surface area contributed by atoms with Crippen molar-refractivity contribution in [3.63, 3.8) is 0 Å². The van der Waals surface area contributed by atoms with Gasteiger partial charge in [-0.3, -0.25) is 0 Å². The number of nitrogens with zero attached hydrogens (tertiary/aromatic N) is 3. The molecule has 3 nitrogen and oxygen atoms in total. The third-order valence-electron chi connectivity index (χ3n) is 12.1. The number of para-hydroxylation sites is 4. The van der Waals surface area contributed by atoms with Crippen molar-refractivity contribution < 1.29 is 0 Å². The van der Waals surface area contributed by atoms with Crippen molar-refractivity contribution in [3.05, 3.63) is 248 Å². The van der Waals surface area contributed by atoms with Crippen LogP contribution in [0.4, 0.5) is 28.4 Å². The summed E-state index contributed by atoms with van der Waals surface area (Å²) in [6.07, 6.45) is 6.55. The molecule has 0 saturated heterocycles. The molecule has 0 saturated carbocycles. The highest BCUT2D eigenvalue weighted by Gasteiger charge is 2.20. The SMILES string of the molecule is C1=C(c2ccc3c(c2)c2cc(-c4ccc(N(c5ccccc5)c5ccccc5)cc4)ccc2n3-c2ccc3ccccc3c2)CCC(N(c2ccccc2)c2ccccc2)=C1. The van der Waals surface area contributed by atoms with E-state index in [0.29, 0.717) is 0 Å². The molecule has 0 amide bonds. The second kappa shape index (κ2) is 15.7. The Morgan fingerprint density at radius 3 is 1.36 bits per heavy atom. The van der Waals surface area contributed by atoms with Gasteiger partial charge in [-0.1, -0.05) is 133 Å². The fourth-order valence-electron chi connectivity index (χ4n) is 9.09. The van der Waals surface area contributed by atoms with Gasteiger partial charge in [0.2, 0.25) is 0 Å².